The zero-order valence-corrected chi connectivity index (χ0v) is 9.29. The Hall–Kier alpha value is -0.770. The van der Waals surface area contributed by atoms with Crippen LogP contribution in [0.3, 0.4) is 0 Å². The third-order valence-electron chi connectivity index (χ3n) is 2.49. The summed E-state index contributed by atoms with van der Waals surface area (Å²) in [6, 6.07) is 3.63. The summed E-state index contributed by atoms with van der Waals surface area (Å²) in [6.07, 6.45) is 4.85. The lowest BCUT2D eigenvalue weighted by Gasteiger charge is -2.14. The summed E-state index contributed by atoms with van der Waals surface area (Å²) < 4.78 is 5.01. The fourth-order valence-corrected chi connectivity index (χ4v) is 2.44. The van der Waals surface area contributed by atoms with Crippen molar-refractivity contribution in [2.24, 2.45) is 0 Å². The van der Waals surface area contributed by atoms with E-state index in [4.69, 9.17) is 4.42 Å². The molecule has 2 atom stereocenters. The van der Waals surface area contributed by atoms with Gasteiger partial charge in [0, 0.05) is 10.9 Å². The van der Waals surface area contributed by atoms with E-state index in [0.29, 0.717) is 10.6 Å². The molecule has 2 rings (SSSR count). The first kappa shape index (κ1) is 9.77. The number of rotatable bonds is 2. The zero-order valence-electron chi connectivity index (χ0n) is 7.70. The summed E-state index contributed by atoms with van der Waals surface area (Å²) in [5.74, 6) is 0.267. The number of hydrogen-bond donors (Lipinski definition) is 1. The van der Waals surface area contributed by atoms with E-state index in [0.717, 1.165) is 12.8 Å². The SMILES string of the molecule is O=C(NC1CCCC1Br)c1ccco1. The minimum Gasteiger partial charge on any atom is -0.459 e. The topological polar surface area (TPSA) is 42.2 Å². The average molecular weight is 258 g/mol. The van der Waals surface area contributed by atoms with Gasteiger partial charge in [0.15, 0.2) is 5.76 Å². The molecule has 3 nitrogen and oxygen atoms in total. The lowest BCUT2D eigenvalue weighted by molar-refractivity contribution is 0.0911. The second-order valence-electron chi connectivity index (χ2n) is 3.50. The van der Waals surface area contributed by atoms with Gasteiger partial charge in [-0.1, -0.05) is 22.4 Å². The Balaban J connectivity index is 1.95. The largest absolute Gasteiger partial charge is 0.459 e. The maximum atomic E-state index is 11.6. The molecule has 1 fully saturated rings. The molecule has 1 heterocycles. The first-order valence-corrected chi connectivity index (χ1v) is 5.67. The third kappa shape index (κ3) is 2.00. The van der Waals surface area contributed by atoms with E-state index < -0.39 is 0 Å². The monoisotopic (exact) mass is 257 g/mol. The van der Waals surface area contributed by atoms with Crippen LogP contribution >= 0.6 is 15.9 Å². The first-order valence-electron chi connectivity index (χ1n) is 4.76. The van der Waals surface area contributed by atoms with Crippen molar-refractivity contribution in [3.63, 3.8) is 0 Å². The van der Waals surface area contributed by atoms with E-state index in [-0.39, 0.29) is 11.9 Å². The van der Waals surface area contributed by atoms with Gasteiger partial charge < -0.3 is 9.73 Å². The normalized spacial score (nSPS) is 26.4. The molecule has 0 bridgehead atoms. The summed E-state index contributed by atoms with van der Waals surface area (Å²) in [7, 11) is 0. The van der Waals surface area contributed by atoms with Crippen molar-refractivity contribution in [3.05, 3.63) is 24.2 Å². The first-order chi connectivity index (χ1) is 6.77. The standard InChI is InChI=1S/C10H12BrNO2/c11-7-3-1-4-8(7)12-10(13)9-5-2-6-14-9/h2,5-8H,1,3-4H2,(H,12,13). The van der Waals surface area contributed by atoms with Crippen LogP contribution in [0.2, 0.25) is 0 Å². The summed E-state index contributed by atoms with van der Waals surface area (Å²) in [6.45, 7) is 0. The van der Waals surface area contributed by atoms with Crippen LogP contribution in [0.1, 0.15) is 29.8 Å². The third-order valence-corrected chi connectivity index (χ3v) is 3.59. The van der Waals surface area contributed by atoms with Crippen LogP contribution in [0.15, 0.2) is 22.8 Å². The Morgan fingerprint density at radius 1 is 1.57 bits per heavy atom. The summed E-state index contributed by atoms with van der Waals surface area (Å²) in [5.41, 5.74) is 0. The molecule has 14 heavy (non-hydrogen) atoms. The van der Waals surface area contributed by atoms with Crippen LogP contribution in [0, 0.1) is 0 Å². The number of hydrogen-bond acceptors (Lipinski definition) is 2. The van der Waals surface area contributed by atoms with Gasteiger partial charge in [0.2, 0.25) is 0 Å². The maximum Gasteiger partial charge on any atom is 0.287 e. The predicted molar refractivity (Wildman–Crippen MR) is 56.5 cm³/mol. The van der Waals surface area contributed by atoms with Crippen molar-refractivity contribution in [3.8, 4) is 0 Å². The lowest BCUT2D eigenvalue weighted by Crippen LogP contribution is -2.37. The van der Waals surface area contributed by atoms with Crippen molar-refractivity contribution in [2.45, 2.75) is 30.1 Å². The van der Waals surface area contributed by atoms with Crippen molar-refractivity contribution in [1.82, 2.24) is 5.32 Å². The Kier molecular flexibility index (Phi) is 2.91. The molecular formula is C10H12BrNO2. The molecule has 1 aliphatic rings. The van der Waals surface area contributed by atoms with Crippen LogP contribution in [0.5, 0.6) is 0 Å². The quantitative estimate of drug-likeness (QED) is 0.827. The number of furan rings is 1. The van der Waals surface area contributed by atoms with E-state index in [1.165, 1.54) is 12.7 Å². The van der Waals surface area contributed by atoms with Crippen LogP contribution in [0.4, 0.5) is 0 Å². The van der Waals surface area contributed by atoms with E-state index >= 15 is 0 Å². The molecule has 0 radical (unpaired) electrons. The van der Waals surface area contributed by atoms with E-state index in [1.807, 2.05) is 0 Å². The van der Waals surface area contributed by atoms with E-state index in [1.54, 1.807) is 12.1 Å². The summed E-state index contributed by atoms with van der Waals surface area (Å²) in [4.78, 5) is 12.0. The second kappa shape index (κ2) is 4.17. The molecular weight excluding hydrogens is 246 g/mol. The molecule has 1 amide bonds. The zero-order chi connectivity index (χ0) is 9.97. The van der Waals surface area contributed by atoms with Crippen molar-refractivity contribution in [1.29, 1.82) is 0 Å². The predicted octanol–water partition coefficient (Wildman–Crippen LogP) is 2.33. The molecule has 4 heteroatoms. The van der Waals surface area contributed by atoms with Crippen molar-refractivity contribution < 1.29 is 9.21 Å². The number of nitrogens with one attached hydrogen (secondary N) is 1. The maximum absolute atomic E-state index is 11.6. The van der Waals surface area contributed by atoms with E-state index in [9.17, 15) is 4.79 Å². The van der Waals surface area contributed by atoms with Crippen LogP contribution in [0.25, 0.3) is 0 Å². The molecule has 0 aromatic carbocycles. The summed E-state index contributed by atoms with van der Waals surface area (Å²) >= 11 is 3.55. The van der Waals surface area contributed by atoms with Gasteiger partial charge in [-0.25, -0.2) is 0 Å². The lowest BCUT2D eigenvalue weighted by atomic mass is 10.2. The van der Waals surface area contributed by atoms with E-state index in [2.05, 4.69) is 21.2 Å². The van der Waals surface area contributed by atoms with Gasteiger partial charge >= 0.3 is 0 Å². The fraction of sp³-hybridized carbons (Fsp3) is 0.500. The van der Waals surface area contributed by atoms with Gasteiger partial charge in [-0.3, -0.25) is 4.79 Å². The molecule has 0 aliphatic heterocycles. The molecule has 1 aromatic heterocycles. The highest BCUT2D eigenvalue weighted by atomic mass is 79.9. The number of halogens is 1. The van der Waals surface area contributed by atoms with Crippen LogP contribution in [-0.4, -0.2) is 16.8 Å². The Labute approximate surface area is 91.0 Å². The van der Waals surface area contributed by atoms with Crippen LogP contribution < -0.4 is 5.32 Å². The fourth-order valence-electron chi connectivity index (χ4n) is 1.72. The van der Waals surface area contributed by atoms with Gasteiger partial charge in [0.05, 0.1) is 6.26 Å². The number of amides is 1. The molecule has 1 saturated carbocycles. The highest BCUT2D eigenvalue weighted by Crippen LogP contribution is 2.25. The highest BCUT2D eigenvalue weighted by molar-refractivity contribution is 9.09. The minimum absolute atomic E-state index is 0.119. The van der Waals surface area contributed by atoms with Gasteiger partial charge in [0.25, 0.3) is 5.91 Å². The van der Waals surface area contributed by atoms with Gasteiger partial charge in [-0.2, -0.15) is 0 Å². The summed E-state index contributed by atoms with van der Waals surface area (Å²) in [5, 5.41) is 2.95. The Bertz CT molecular complexity index is 310. The minimum atomic E-state index is -0.119. The van der Waals surface area contributed by atoms with Gasteiger partial charge in [-0.15, -0.1) is 0 Å². The molecule has 1 N–H and O–H groups in total. The average Bonchev–Trinajstić information content (AvgIpc) is 2.77. The number of alkyl halides is 1. The Morgan fingerprint density at radius 2 is 2.43 bits per heavy atom. The number of carbonyl (C=O) groups is 1. The Morgan fingerprint density at radius 3 is 3.00 bits per heavy atom. The molecule has 2 unspecified atom stereocenters. The smallest absolute Gasteiger partial charge is 0.287 e. The molecule has 1 aromatic rings. The van der Waals surface area contributed by atoms with Crippen molar-refractivity contribution in [2.75, 3.05) is 0 Å². The van der Waals surface area contributed by atoms with Crippen LogP contribution in [-0.2, 0) is 0 Å². The molecule has 76 valence electrons. The van der Waals surface area contributed by atoms with Crippen molar-refractivity contribution >= 4 is 21.8 Å². The van der Waals surface area contributed by atoms with Gasteiger partial charge in [-0.05, 0) is 25.0 Å². The number of carbonyl (C=O) groups excluding carboxylic acids is 1. The highest BCUT2D eigenvalue weighted by Gasteiger charge is 2.26. The molecule has 0 saturated heterocycles. The van der Waals surface area contributed by atoms with Gasteiger partial charge in [0.1, 0.15) is 0 Å². The second-order valence-corrected chi connectivity index (χ2v) is 4.68. The molecule has 1 aliphatic carbocycles. The molecule has 0 spiro atoms.